The van der Waals surface area contributed by atoms with Gasteiger partial charge in [-0.05, 0) is 18.3 Å². The van der Waals surface area contributed by atoms with Gasteiger partial charge in [0.2, 0.25) is 5.91 Å². The summed E-state index contributed by atoms with van der Waals surface area (Å²) in [6, 6.07) is 0. The molecule has 1 N–H and O–H groups in total. The summed E-state index contributed by atoms with van der Waals surface area (Å²) in [7, 11) is -2.79. The third kappa shape index (κ3) is 1.85. The van der Waals surface area contributed by atoms with Crippen molar-refractivity contribution < 1.29 is 13.2 Å². The van der Waals surface area contributed by atoms with Gasteiger partial charge >= 0.3 is 0 Å². The molecule has 2 rings (SSSR count). The fourth-order valence-corrected chi connectivity index (χ4v) is 4.08. The fourth-order valence-electron chi connectivity index (χ4n) is 2.16. The predicted octanol–water partition coefficient (Wildman–Crippen LogP) is -0.443. The lowest BCUT2D eigenvalue weighted by Crippen LogP contribution is -2.19. The Hall–Kier alpha value is -0.580. The fraction of sp³-hybridized carbons (Fsp3) is 0.875. The minimum Gasteiger partial charge on any atom is -0.356 e. The molecule has 1 amide bonds. The topological polar surface area (TPSA) is 63.2 Å². The smallest absolute Gasteiger partial charge is 0.220 e. The van der Waals surface area contributed by atoms with E-state index in [1.165, 1.54) is 0 Å². The molecule has 0 aliphatic carbocycles. The molecule has 2 saturated heterocycles. The summed E-state index contributed by atoms with van der Waals surface area (Å²) < 4.78 is 22.3. The second-order valence-electron chi connectivity index (χ2n) is 3.93. The maximum atomic E-state index is 11.2. The summed E-state index contributed by atoms with van der Waals surface area (Å²) in [6.45, 7) is 0.666. The van der Waals surface area contributed by atoms with E-state index < -0.39 is 9.84 Å². The Labute approximate surface area is 77.6 Å². The molecule has 2 fully saturated rings. The number of hydrogen-bond donors (Lipinski definition) is 1. The lowest BCUT2D eigenvalue weighted by atomic mass is 9.91. The first-order chi connectivity index (χ1) is 6.07. The molecule has 2 heterocycles. The Balaban J connectivity index is 2.00. The van der Waals surface area contributed by atoms with Crippen molar-refractivity contribution in [2.24, 2.45) is 11.8 Å². The first-order valence-corrected chi connectivity index (χ1v) is 6.36. The van der Waals surface area contributed by atoms with Gasteiger partial charge in [0.25, 0.3) is 0 Å². The number of nitrogens with one attached hydrogen (secondary N) is 1. The van der Waals surface area contributed by atoms with Crippen molar-refractivity contribution in [3.8, 4) is 0 Å². The van der Waals surface area contributed by atoms with Gasteiger partial charge in [-0.1, -0.05) is 0 Å². The highest BCUT2D eigenvalue weighted by atomic mass is 32.2. The zero-order chi connectivity index (χ0) is 9.47. The van der Waals surface area contributed by atoms with Gasteiger partial charge in [-0.2, -0.15) is 0 Å². The van der Waals surface area contributed by atoms with Crippen LogP contribution in [0.1, 0.15) is 12.8 Å². The van der Waals surface area contributed by atoms with E-state index in [1.54, 1.807) is 0 Å². The normalized spacial score (nSPS) is 37.7. The summed E-state index contributed by atoms with van der Waals surface area (Å²) in [4.78, 5) is 10.9. The minimum absolute atomic E-state index is 0.0642. The molecule has 2 aliphatic rings. The number of carbonyl (C=O) groups excluding carboxylic acids is 1. The Bertz CT molecular complexity index is 322. The van der Waals surface area contributed by atoms with Crippen LogP contribution in [-0.4, -0.2) is 32.4 Å². The maximum Gasteiger partial charge on any atom is 0.220 e. The third-order valence-corrected chi connectivity index (χ3v) is 4.74. The third-order valence-electron chi connectivity index (χ3n) is 2.94. The summed E-state index contributed by atoms with van der Waals surface area (Å²) in [5.74, 6) is 1.12. The van der Waals surface area contributed by atoms with Crippen LogP contribution in [0.5, 0.6) is 0 Å². The second kappa shape index (κ2) is 2.97. The van der Waals surface area contributed by atoms with E-state index in [-0.39, 0.29) is 23.5 Å². The van der Waals surface area contributed by atoms with Crippen molar-refractivity contribution in [2.75, 3.05) is 18.1 Å². The van der Waals surface area contributed by atoms with Crippen molar-refractivity contribution in [2.45, 2.75) is 12.8 Å². The molecule has 0 spiro atoms. The van der Waals surface area contributed by atoms with E-state index in [0.29, 0.717) is 18.7 Å². The lowest BCUT2D eigenvalue weighted by molar-refractivity contribution is -0.119. The average molecular weight is 203 g/mol. The van der Waals surface area contributed by atoms with Crippen molar-refractivity contribution in [3.05, 3.63) is 0 Å². The molecule has 2 unspecified atom stereocenters. The van der Waals surface area contributed by atoms with Crippen LogP contribution in [0.3, 0.4) is 0 Å². The van der Waals surface area contributed by atoms with Crippen LogP contribution in [0.15, 0.2) is 0 Å². The zero-order valence-electron chi connectivity index (χ0n) is 7.32. The van der Waals surface area contributed by atoms with Gasteiger partial charge in [0.1, 0.15) is 0 Å². The summed E-state index contributed by atoms with van der Waals surface area (Å²) in [6.07, 6.45) is 1.25. The van der Waals surface area contributed by atoms with Gasteiger partial charge in [0.05, 0.1) is 11.5 Å². The number of carbonyl (C=O) groups is 1. The molecule has 0 aromatic heterocycles. The van der Waals surface area contributed by atoms with E-state index in [1.807, 2.05) is 0 Å². The molecular weight excluding hydrogens is 190 g/mol. The van der Waals surface area contributed by atoms with E-state index in [4.69, 9.17) is 0 Å². The van der Waals surface area contributed by atoms with Crippen LogP contribution in [0.4, 0.5) is 0 Å². The van der Waals surface area contributed by atoms with E-state index >= 15 is 0 Å². The Morgan fingerprint density at radius 2 is 2.08 bits per heavy atom. The monoisotopic (exact) mass is 203 g/mol. The zero-order valence-corrected chi connectivity index (χ0v) is 8.14. The van der Waals surface area contributed by atoms with E-state index in [2.05, 4.69) is 5.32 Å². The van der Waals surface area contributed by atoms with Crippen LogP contribution >= 0.6 is 0 Å². The molecule has 5 heteroatoms. The first kappa shape index (κ1) is 8.99. The number of rotatable bonds is 1. The van der Waals surface area contributed by atoms with Gasteiger partial charge < -0.3 is 5.32 Å². The Kier molecular flexibility index (Phi) is 2.06. The lowest BCUT2D eigenvalue weighted by Gasteiger charge is -2.13. The van der Waals surface area contributed by atoms with Gasteiger partial charge in [-0.15, -0.1) is 0 Å². The first-order valence-electron chi connectivity index (χ1n) is 4.54. The molecule has 2 atom stereocenters. The van der Waals surface area contributed by atoms with Crippen molar-refractivity contribution in [3.63, 3.8) is 0 Å². The van der Waals surface area contributed by atoms with Gasteiger partial charge in [-0.3, -0.25) is 4.79 Å². The summed E-state index contributed by atoms with van der Waals surface area (Å²) >= 11 is 0. The molecule has 2 aliphatic heterocycles. The molecular formula is C8H13NO3S. The van der Waals surface area contributed by atoms with Crippen LogP contribution in [0.25, 0.3) is 0 Å². The standard InChI is InChI=1S/C8H13NO3S/c10-8-3-7(4-9-8)6-1-2-13(11,12)5-6/h6-7H,1-5H2,(H,9,10). The highest BCUT2D eigenvalue weighted by molar-refractivity contribution is 7.91. The maximum absolute atomic E-state index is 11.2. The molecule has 4 nitrogen and oxygen atoms in total. The van der Waals surface area contributed by atoms with Crippen molar-refractivity contribution in [1.82, 2.24) is 5.32 Å². The van der Waals surface area contributed by atoms with Crippen LogP contribution < -0.4 is 5.32 Å². The SMILES string of the molecule is O=C1CC(C2CCS(=O)(=O)C2)CN1. The molecule has 13 heavy (non-hydrogen) atoms. The number of sulfone groups is 1. The van der Waals surface area contributed by atoms with Gasteiger partial charge in [0, 0.05) is 13.0 Å². The molecule has 0 aromatic rings. The van der Waals surface area contributed by atoms with Crippen LogP contribution in [0, 0.1) is 11.8 Å². The van der Waals surface area contributed by atoms with Crippen LogP contribution in [-0.2, 0) is 14.6 Å². The molecule has 74 valence electrons. The second-order valence-corrected chi connectivity index (χ2v) is 6.16. The highest BCUT2D eigenvalue weighted by Gasteiger charge is 2.36. The Morgan fingerprint density at radius 1 is 1.31 bits per heavy atom. The number of hydrogen-bond acceptors (Lipinski definition) is 3. The molecule has 0 aromatic carbocycles. The largest absolute Gasteiger partial charge is 0.356 e. The Morgan fingerprint density at radius 3 is 2.54 bits per heavy atom. The number of amides is 1. The summed E-state index contributed by atoms with van der Waals surface area (Å²) in [5.41, 5.74) is 0. The quantitative estimate of drug-likeness (QED) is 0.628. The average Bonchev–Trinajstić information content (AvgIpc) is 2.56. The van der Waals surface area contributed by atoms with Gasteiger partial charge in [0.15, 0.2) is 9.84 Å². The highest BCUT2D eigenvalue weighted by Crippen LogP contribution is 2.29. The molecule has 0 saturated carbocycles. The minimum atomic E-state index is -2.79. The van der Waals surface area contributed by atoms with E-state index in [9.17, 15) is 13.2 Å². The van der Waals surface area contributed by atoms with Crippen LogP contribution in [0.2, 0.25) is 0 Å². The molecule has 0 radical (unpaired) electrons. The van der Waals surface area contributed by atoms with Crippen molar-refractivity contribution >= 4 is 15.7 Å². The summed E-state index contributed by atoms with van der Waals surface area (Å²) in [5, 5.41) is 2.74. The van der Waals surface area contributed by atoms with Crippen molar-refractivity contribution in [1.29, 1.82) is 0 Å². The predicted molar refractivity (Wildman–Crippen MR) is 47.9 cm³/mol. The molecule has 0 bridgehead atoms. The van der Waals surface area contributed by atoms with Gasteiger partial charge in [-0.25, -0.2) is 8.42 Å². The van der Waals surface area contributed by atoms with E-state index in [0.717, 1.165) is 6.42 Å².